The number of hydrogen-bond donors (Lipinski definition) is 7. The maximum absolute atomic E-state index is 13.4. The normalized spacial score (nSPS) is 32.8. The lowest BCUT2D eigenvalue weighted by atomic mass is 9.55. The summed E-state index contributed by atoms with van der Waals surface area (Å²) in [4.78, 5) is 38.0. The Labute approximate surface area is 186 Å². The first kappa shape index (κ1) is 23.3. The SMILES string of the molecule is CC1(O)c2cccc(O)c2C(O)=C2C(=O)[C@@]3(O)C(=O)C(C(N)=O)=C(O)/C(=N\O)[C@H]3C[C@H]21.Cl. The highest BCUT2D eigenvalue weighted by Crippen LogP contribution is 2.55. The van der Waals surface area contributed by atoms with E-state index in [0.717, 1.165) is 0 Å². The van der Waals surface area contributed by atoms with Gasteiger partial charge < -0.3 is 36.5 Å². The van der Waals surface area contributed by atoms with Gasteiger partial charge in [0.1, 0.15) is 22.8 Å². The maximum Gasteiger partial charge on any atom is 0.256 e. The van der Waals surface area contributed by atoms with E-state index in [1.54, 1.807) is 0 Å². The molecule has 4 atom stereocenters. The van der Waals surface area contributed by atoms with Crippen LogP contribution in [0.5, 0.6) is 5.75 Å². The lowest BCUT2D eigenvalue weighted by molar-refractivity contribution is -0.157. The second kappa shape index (κ2) is 7.05. The second-order valence-electron chi connectivity index (χ2n) is 7.95. The maximum atomic E-state index is 13.4. The average molecular weight is 467 g/mol. The summed E-state index contributed by atoms with van der Waals surface area (Å²) in [6.45, 7) is 1.31. The molecular weight excluding hydrogens is 448 g/mol. The number of nitrogens with two attached hydrogens (primary N) is 1. The van der Waals surface area contributed by atoms with Gasteiger partial charge in [0.2, 0.25) is 11.6 Å². The van der Waals surface area contributed by atoms with Crippen LogP contribution in [0.4, 0.5) is 0 Å². The van der Waals surface area contributed by atoms with Gasteiger partial charge in [0.15, 0.2) is 11.4 Å². The molecule has 1 aromatic carbocycles. The van der Waals surface area contributed by atoms with Crippen molar-refractivity contribution in [1.82, 2.24) is 0 Å². The first-order chi connectivity index (χ1) is 14.4. The predicted octanol–water partition coefficient (Wildman–Crippen LogP) is -0.0492. The molecule has 1 saturated carbocycles. The number of carbonyl (C=O) groups excluding carboxylic acids is 3. The van der Waals surface area contributed by atoms with Gasteiger partial charge in [-0.3, -0.25) is 14.4 Å². The van der Waals surface area contributed by atoms with E-state index in [0.29, 0.717) is 0 Å². The Morgan fingerprint density at radius 1 is 1.09 bits per heavy atom. The Hall–Kier alpha value is -3.41. The van der Waals surface area contributed by atoms with E-state index in [9.17, 15) is 45.1 Å². The zero-order valence-electron chi connectivity index (χ0n) is 16.4. The van der Waals surface area contributed by atoms with Gasteiger partial charge in [-0.15, -0.1) is 12.4 Å². The first-order valence-electron chi connectivity index (χ1n) is 9.16. The molecular formula is C20H19ClN2O9. The number of hydrogen-bond acceptors (Lipinski definition) is 10. The largest absolute Gasteiger partial charge is 0.507 e. The Bertz CT molecular complexity index is 1180. The molecule has 4 rings (SSSR count). The van der Waals surface area contributed by atoms with E-state index < -0.39 is 81.1 Å². The number of phenols is 1. The fraction of sp³-hybridized carbons (Fsp3) is 0.300. The predicted molar refractivity (Wildman–Crippen MR) is 109 cm³/mol. The zero-order chi connectivity index (χ0) is 23.0. The van der Waals surface area contributed by atoms with Crippen molar-refractivity contribution in [3.05, 3.63) is 46.2 Å². The molecule has 0 radical (unpaired) electrons. The smallest absolute Gasteiger partial charge is 0.256 e. The number of oxime groups is 1. The van der Waals surface area contributed by atoms with Gasteiger partial charge in [-0.25, -0.2) is 0 Å². The highest BCUT2D eigenvalue weighted by Gasteiger charge is 2.66. The van der Waals surface area contributed by atoms with Gasteiger partial charge in [0.25, 0.3) is 5.91 Å². The summed E-state index contributed by atoms with van der Waals surface area (Å²) < 4.78 is 0. The molecule has 1 fully saturated rings. The Morgan fingerprint density at radius 3 is 2.28 bits per heavy atom. The lowest BCUT2D eigenvalue weighted by Gasteiger charge is -2.49. The van der Waals surface area contributed by atoms with Crippen molar-refractivity contribution in [2.75, 3.05) is 0 Å². The minimum absolute atomic E-state index is 0. The molecule has 11 nitrogen and oxygen atoms in total. The fourth-order valence-electron chi connectivity index (χ4n) is 4.87. The number of rotatable bonds is 1. The number of amides is 1. The number of allylic oxidation sites excluding steroid dienone is 1. The van der Waals surface area contributed by atoms with Gasteiger partial charge in [0.05, 0.1) is 17.1 Å². The fourth-order valence-corrected chi connectivity index (χ4v) is 4.87. The van der Waals surface area contributed by atoms with Crippen LogP contribution >= 0.6 is 12.4 Å². The van der Waals surface area contributed by atoms with Crippen LogP contribution in [0.3, 0.4) is 0 Å². The van der Waals surface area contributed by atoms with Gasteiger partial charge in [-0.1, -0.05) is 17.3 Å². The molecule has 170 valence electrons. The monoisotopic (exact) mass is 466 g/mol. The van der Waals surface area contributed by atoms with E-state index in [-0.39, 0.29) is 23.5 Å². The Balaban J connectivity index is 0.00000289. The highest BCUT2D eigenvalue weighted by molar-refractivity contribution is 6.38. The summed E-state index contributed by atoms with van der Waals surface area (Å²) >= 11 is 0. The average Bonchev–Trinajstić information content (AvgIpc) is 2.68. The van der Waals surface area contributed by atoms with Crippen molar-refractivity contribution in [3.8, 4) is 5.75 Å². The molecule has 0 saturated heterocycles. The minimum atomic E-state index is -3.05. The van der Waals surface area contributed by atoms with Crippen LogP contribution in [0.2, 0.25) is 0 Å². The van der Waals surface area contributed by atoms with Crippen molar-refractivity contribution in [2.24, 2.45) is 22.7 Å². The highest BCUT2D eigenvalue weighted by atomic mass is 35.5. The quantitative estimate of drug-likeness (QED) is 0.128. The van der Waals surface area contributed by atoms with E-state index in [2.05, 4.69) is 5.16 Å². The van der Waals surface area contributed by atoms with Crippen molar-refractivity contribution >= 4 is 41.4 Å². The number of nitrogens with zero attached hydrogens (tertiary/aromatic N) is 1. The van der Waals surface area contributed by atoms with E-state index >= 15 is 0 Å². The topological polar surface area (TPSA) is 211 Å². The van der Waals surface area contributed by atoms with Crippen molar-refractivity contribution in [2.45, 2.75) is 24.5 Å². The zero-order valence-corrected chi connectivity index (χ0v) is 17.3. The second-order valence-corrected chi connectivity index (χ2v) is 7.95. The number of benzene rings is 1. The van der Waals surface area contributed by atoms with E-state index in [1.165, 1.54) is 25.1 Å². The molecule has 0 bridgehead atoms. The third-order valence-corrected chi connectivity index (χ3v) is 6.41. The molecule has 0 aromatic heterocycles. The summed E-state index contributed by atoms with van der Waals surface area (Å²) in [7, 11) is 0. The summed E-state index contributed by atoms with van der Waals surface area (Å²) in [6.07, 6.45) is -0.440. The van der Waals surface area contributed by atoms with Crippen LogP contribution in [-0.4, -0.2) is 59.5 Å². The number of phenolic OH excluding ortho intramolecular Hbond substituents is 1. The molecule has 0 spiro atoms. The minimum Gasteiger partial charge on any atom is -0.507 e. The molecule has 1 unspecified atom stereocenters. The number of halogens is 1. The van der Waals surface area contributed by atoms with Crippen LogP contribution in [0, 0.1) is 11.8 Å². The molecule has 32 heavy (non-hydrogen) atoms. The van der Waals surface area contributed by atoms with Crippen LogP contribution in [0.15, 0.2) is 40.3 Å². The number of Topliss-reactive ketones (excluding diaryl/α,β-unsaturated/α-hetero) is 2. The third kappa shape index (κ3) is 2.55. The Kier molecular flexibility index (Phi) is 5.13. The summed E-state index contributed by atoms with van der Waals surface area (Å²) in [6, 6.07) is 4.05. The van der Waals surface area contributed by atoms with Crippen molar-refractivity contribution < 1.29 is 45.1 Å². The van der Waals surface area contributed by atoms with Crippen LogP contribution < -0.4 is 5.73 Å². The van der Waals surface area contributed by atoms with E-state index in [4.69, 9.17) is 5.73 Å². The van der Waals surface area contributed by atoms with Crippen LogP contribution in [-0.2, 0) is 20.0 Å². The molecule has 1 amide bonds. The molecule has 1 aromatic rings. The number of ketones is 2. The van der Waals surface area contributed by atoms with Crippen LogP contribution in [0.25, 0.3) is 5.76 Å². The first-order valence-corrected chi connectivity index (χ1v) is 9.16. The van der Waals surface area contributed by atoms with Gasteiger partial charge in [-0.2, -0.15) is 0 Å². The third-order valence-electron chi connectivity index (χ3n) is 6.41. The lowest BCUT2D eigenvalue weighted by Crippen LogP contribution is -2.65. The number of fused-ring (bicyclic) bond motifs is 3. The molecule has 3 aliphatic rings. The van der Waals surface area contributed by atoms with Gasteiger partial charge in [-0.05, 0) is 25.0 Å². The van der Waals surface area contributed by atoms with Crippen LogP contribution in [0.1, 0.15) is 24.5 Å². The molecule has 3 aliphatic carbocycles. The number of aliphatic hydroxyl groups is 4. The molecule has 0 heterocycles. The number of aromatic hydroxyl groups is 1. The van der Waals surface area contributed by atoms with Gasteiger partial charge >= 0.3 is 0 Å². The molecule has 0 aliphatic heterocycles. The summed E-state index contributed by atoms with van der Waals surface area (Å²) in [5.41, 5.74) is -2.40. The number of aliphatic hydroxyl groups excluding tert-OH is 2. The number of carbonyl (C=O) groups is 3. The summed E-state index contributed by atoms with van der Waals surface area (Å²) in [5, 5.41) is 66.0. The van der Waals surface area contributed by atoms with E-state index in [1.807, 2.05) is 0 Å². The van der Waals surface area contributed by atoms with Gasteiger partial charge in [0, 0.05) is 11.5 Å². The number of primary amides is 1. The molecule has 8 N–H and O–H groups in total. The van der Waals surface area contributed by atoms with Crippen molar-refractivity contribution in [3.63, 3.8) is 0 Å². The standard InChI is InChI=1S/C20H18N2O9.ClH/c1-19(29)6-3-2-4-9(23)10(6)14(24)11-7(19)5-8-13(22-31)15(25)12(18(21)28)17(27)20(8,30)16(11)26;/h2-4,7-8,23-25,29-31H,5H2,1H3,(H2,21,28);1H/b22-13-;/t7-,8-,19?,20-;/m1./s1. The summed E-state index contributed by atoms with van der Waals surface area (Å²) in [5.74, 6) is -9.56. The Morgan fingerprint density at radius 2 is 1.72 bits per heavy atom. The molecule has 12 heteroatoms. The van der Waals surface area contributed by atoms with Crippen molar-refractivity contribution in [1.29, 1.82) is 0 Å².